The van der Waals surface area contributed by atoms with Gasteiger partial charge in [0.25, 0.3) is 0 Å². The van der Waals surface area contributed by atoms with Gasteiger partial charge < -0.3 is 5.32 Å². The van der Waals surface area contributed by atoms with Crippen molar-refractivity contribution in [2.45, 2.75) is 46.5 Å². The molecule has 112 valence electrons. The first kappa shape index (κ1) is 15.6. The van der Waals surface area contributed by atoms with Crippen LogP contribution in [0.2, 0.25) is 5.02 Å². The number of hydrogen-bond donors (Lipinski definition) is 1. The lowest BCUT2D eigenvalue weighted by Gasteiger charge is -2.37. The van der Waals surface area contributed by atoms with Crippen molar-refractivity contribution in [2.75, 3.05) is 11.9 Å². The van der Waals surface area contributed by atoms with E-state index < -0.39 is 0 Å². The van der Waals surface area contributed by atoms with E-state index in [1.165, 1.54) is 31.7 Å². The number of rotatable bonds is 3. The molecular weight excluding hydrogens is 273 g/mol. The van der Waals surface area contributed by atoms with Gasteiger partial charge in [-0.25, -0.2) is 4.39 Å². The Morgan fingerprint density at radius 3 is 2.40 bits per heavy atom. The molecule has 0 atom stereocenters. The summed E-state index contributed by atoms with van der Waals surface area (Å²) < 4.78 is 13.7. The fourth-order valence-electron chi connectivity index (χ4n) is 3.12. The molecule has 0 radical (unpaired) electrons. The van der Waals surface area contributed by atoms with Gasteiger partial charge in [-0.1, -0.05) is 32.4 Å². The van der Waals surface area contributed by atoms with Crippen LogP contribution in [0.3, 0.4) is 0 Å². The Bertz CT molecular complexity index is 445. The minimum absolute atomic E-state index is 0.263. The number of benzene rings is 1. The molecule has 20 heavy (non-hydrogen) atoms. The molecule has 1 aliphatic rings. The molecule has 1 aromatic rings. The molecule has 1 saturated carbocycles. The highest BCUT2D eigenvalue weighted by molar-refractivity contribution is 6.30. The van der Waals surface area contributed by atoms with Crippen LogP contribution in [0, 0.1) is 23.1 Å². The lowest BCUT2D eigenvalue weighted by atomic mass is 9.70. The van der Waals surface area contributed by atoms with E-state index in [2.05, 4.69) is 26.1 Å². The number of halogens is 2. The standard InChI is InChI=1S/C17H25ClFN/c1-17(2,3)13-6-4-12(5-7-13)11-20-16-9-8-14(18)10-15(16)19/h8-10,12-13,20H,4-7,11H2,1-3H3. The van der Waals surface area contributed by atoms with Crippen molar-refractivity contribution in [3.05, 3.63) is 29.0 Å². The molecule has 3 heteroatoms. The molecule has 0 aromatic heterocycles. The first-order chi connectivity index (χ1) is 9.36. The quantitative estimate of drug-likeness (QED) is 0.749. The molecule has 0 aliphatic heterocycles. The van der Waals surface area contributed by atoms with Gasteiger partial charge >= 0.3 is 0 Å². The zero-order valence-corrected chi connectivity index (χ0v) is 13.4. The SMILES string of the molecule is CC(C)(C)C1CCC(CNc2ccc(Cl)cc2F)CC1. The minimum atomic E-state index is -0.263. The van der Waals surface area contributed by atoms with Crippen molar-refractivity contribution in [1.29, 1.82) is 0 Å². The highest BCUT2D eigenvalue weighted by Gasteiger charge is 2.29. The lowest BCUT2D eigenvalue weighted by Crippen LogP contribution is -2.28. The van der Waals surface area contributed by atoms with Gasteiger partial charge in [-0.2, -0.15) is 0 Å². The van der Waals surface area contributed by atoms with Crippen LogP contribution in [0.5, 0.6) is 0 Å². The minimum Gasteiger partial charge on any atom is -0.382 e. The van der Waals surface area contributed by atoms with Crippen LogP contribution < -0.4 is 5.32 Å². The predicted molar refractivity (Wildman–Crippen MR) is 84.8 cm³/mol. The summed E-state index contributed by atoms with van der Waals surface area (Å²) in [7, 11) is 0. The third-order valence-corrected chi connectivity index (χ3v) is 4.82. The van der Waals surface area contributed by atoms with E-state index >= 15 is 0 Å². The second-order valence-electron chi connectivity index (χ2n) is 7.09. The normalized spacial score (nSPS) is 23.6. The van der Waals surface area contributed by atoms with Crippen LogP contribution in [0.4, 0.5) is 10.1 Å². The Hall–Kier alpha value is -0.760. The van der Waals surface area contributed by atoms with Crippen LogP contribution in [-0.4, -0.2) is 6.54 Å². The van der Waals surface area contributed by atoms with Crippen LogP contribution in [0.25, 0.3) is 0 Å². The topological polar surface area (TPSA) is 12.0 Å². The summed E-state index contributed by atoms with van der Waals surface area (Å²) >= 11 is 5.76. The smallest absolute Gasteiger partial charge is 0.147 e. The first-order valence-electron chi connectivity index (χ1n) is 7.55. The van der Waals surface area contributed by atoms with Gasteiger partial charge in [-0.3, -0.25) is 0 Å². The number of nitrogens with one attached hydrogen (secondary N) is 1. The van der Waals surface area contributed by atoms with Gasteiger partial charge in [0.15, 0.2) is 0 Å². The highest BCUT2D eigenvalue weighted by Crippen LogP contribution is 2.39. The molecule has 1 N–H and O–H groups in total. The summed E-state index contributed by atoms with van der Waals surface area (Å²) in [5.74, 6) is 1.22. The molecule has 1 aromatic carbocycles. The van der Waals surface area contributed by atoms with Crippen molar-refractivity contribution < 1.29 is 4.39 Å². The monoisotopic (exact) mass is 297 g/mol. The van der Waals surface area contributed by atoms with Gasteiger partial charge in [0.05, 0.1) is 5.69 Å². The molecule has 1 fully saturated rings. The molecule has 0 heterocycles. The van der Waals surface area contributed by atoms with Crippen LogP contribution in [0.15, 0.2) is 18.2 Å². The van der Waals surface area contributed by atoms with E-state index in [0.29, 0.717) is 22.0 Å². The van der Waals surface area contributed by atoms with Crippen LogP contribution in [-0.2, 0) is 0 Å². The average molecular weight is 298 g/mol. The van der Waals surface area contributed by atoms with E-state index in [0.717, 1.165) is 12.5 Å². The molecule has 0 bridgehead atoms. The summed E-state index contributed by atoms with van der Waals surface area (Å²) in [4.78, 5) is 0. The molecule has 0 saturated heterocycles. The number of hydrogen-bond acceptors (Lipinski definition) is 1. The molecule has 2 rings (SSSR count). The largest absolute Gasteiger partial charge is 0.382 e. The highest BCUT2D eigenvalue weighted by atomic mass is 35.5. The molecule has 1 aliphatic carbocycles. The fraction of sp³-hybridized carbons (Fsp3) is 0.647. The molecule has 0 unspecified atom stereocenters. The van der Waals surface area contributed by atoms with Gasteiger partial charge in [-0.15, -0.1) is 0 Å². The van der Waals surface area contributed by atoms with Crippen molar-refractivity contribution in [3.8, 4) is 0 Å². The van der Waals surface area contributed by atoms with E-state index in [9.17, 15) is 4.39 Å². The van der Waals surface area contributed by atoms with E-state index in [-0.39, 0.29) is 5.82 Å². The Labute approximate surface area is 126 Å². The zero-order valence-electron chi connectivity index (χ0n) is 12.7. The van der Waals surface area contributed by atoms with E-state index in [1.807, 2.05) is 0 Å². The van der Waals surface area contributed by atoms with Gasteiger partial charge in [0, 0.05) is 11.6 Å². The van der Waals surface area contributed by atoms with E-state index in [1.54, 1.807) is 12.1 Å². The van der Waals surface area contributed by atoms with Gasteiger partial charge in [0.2, 0.25) is 0 Å². The lowest BCUT2D eigenvalue weighted by molar-refractivity contribution is 0.153. The fourth-order valence-corrected chi connectivity index (χ4v) is 3.28. The summed E-state index contributed by atoms with van der Waals surface area (Å²) in [5, 5.41) is 3.67. The Balaban J connectivity index is 1.82. The molecular formula is C17H25ClFN. The maximum atomic E-state index is 13.7. The van der Waals surface area contributed by atoms with Gasteiger partial charge in [-0.05, 0) is 61.1 Å². The Kier molecular flexibility index (Phi) is 4.95. The maximum Gasteiger partial charge on any atom is 0.147 e. The third kappa shape index (κ3) is 4.12. The predicted octanol–water partition coefficient (Wildman–Crippen LogP) is 5.74. The van der Waals surface area contributed by atoms with Crippen LogP contribution >= 0.6 is 11.6 Å². The van der Waals surface area contributed by atoms with Crippen molar-refractivity contribution >= 4 is 17.3 Å². The summed E-state index contributed by atoms with van der Waals surface area (Å²) in [6.45, 7) is 7.85. The second kappa shape index (κ2) is 6.34. The average Bonchev–Trinajstić information content (AvgIpc) is 2.37. The van der Waals surface area contributed by atoms with Crippen molar-refractivity contribution in [2.24, 2.45) is 17.3 Å². The van der Waals surface area contributed by atoms with Crippen molar-refractivity contribution in [3.63, 3.8) is 0 Å². The Morgan fingerprint density at radius 2 is 1.85 bits per heavy atom. The summed E-state index contributed by atoms with van der Waals surface area (Å²) in [5.41, 5.74) is 0.980. The Morgan fingerprint density at radius 1 is 1.20 bits per heavy atom. The zero-order chi connectivity index (χ0) is 14.8. The summed E-state index contributed by atoms with van der Waals surface area (Å²) in [6.07, 6.45) is 5.06. The number of anilines is 1. The first-order valence-corrected chi connectivity index (χ1v) is 7.93. The second-order valence-corrected chi connectivity index (χ2v) is 7.53. The third-order valence-electron chi connectivity index (χ3n) is 4.58. The van der Waals surface area contributed by atoms with E-state index in [4.69, 9.17) is 11.6 Å². The van der Waals surface area contributed by atoms with Crippen LogP contribution in [0.1, 0.15) is 46.5 Å². The molecule has 0 amide bonds. The van der Waals surface area contributed by atoms with Gasteiger partial charge in [0.1, 0.15) is 5.82 Å². The summed E-state index contributed by atoms with van der Waals surface area (Å²) in [6, 6.07) is 4.81. The maximum absolute atomic E-state index is 13.7. The molecule has 1 nitrogen and oxygen atoms in total. The van der Waals surface area contributed by atoms with Crippen molar-refractivity contribution in [1.82, 2.24) is 0 Å². The molecule has 0 spiro atoms.